The van der Waals surface area contributed by atoms with Crippen molar-refractivity contribution in [1.82, 2.24) is 0 Å². The number of carbonyl (C=O) groups excluding carboxylic acids is 3. The standard InChI is InChI=1S/C33H38O9.C26H34O8/c1-33(2)41-27-15-9-13-23-18-24(37-4)19-28(38-20-36-3)29(23)32(35)39-25-14-8-12-21(25)16-17-26(30(27)42-33)40-31(34)22-10-6-5-7-11-22;1-26(2)33-21-10-6-8-17-13-18(30-4)14-22(31-15-29-3)23(17)25(28)32-20-9-5-7-16(20)11-12-19(27)24(21)34-26/h5-7,9-11,13,16-19,21,25-27,30H,8,12,14-15,20H2,1-4H3;6,8,11-14,16,19-21,24,27H,5,7,9-10,15H2,1-4H3/b13-9+,17-16-;8-6+,12-11-/t21-,25+,26?,27+,30-;16-,19?,20+,21+,24-/m11/s1. The van der Waals surface area contributed by atoms with Crippen LogP contribution in [0.2, 0.25) is 0 Å². The molecule has 0 radical (unpaired) electrons. The van der Waals surface area contributed by atoms with E-state index in [4.69, 9.17) is 61.6 Å². The molecule has 4 aliphatic heterocycles. The quantitative estimate of drug-likeness (QED) is 0.0873. The first-order chi connectivity index (χ1) is 36.6. The lowest BCUT2D eigenvalue weighted by Gasteiger charge is -2.25. The molecular weight excluding hydrogens is 981 g/mol. The van der Waals surface area contributed by atoms with Crippen LogP contribution in [0, 0.1) is 11.8 Å². The molecule has 2 aliphatic carbocycles. The van der Waals surface area contributed by atoms with Gasteiger partial charge in [0.25, 0.3) is 0 Å². The second-order valence-corrected chi connectivity index (χ2v) is 20.4. The zero-order valence-corrected chi connectivity index (χ0v) is 44.6. The topological polar surface area (TPSA) is 191 Å². The van der Waals surface area contributed by atoms with E-state index in [2.05, 4.69) is 0 Å². The average molecular weight is 1050 g/mol. The smallest absolute Gasteiger partial charge is 0.342 e. The van der Waals surface area contributed by atoms with E-state index in [1.54, 1.807) is 68.8 Å². The van der Waals surface area contributed by atoms with E-state index in [0.29, 0.717) is 70.1 Å². The maximum absolute atomic E-state index is 13.7. The van der Waals surface area contributed by atoms with Gasteiger partial charge in [0.15, 0.2) is 25.2 Å². The summed E-state index contributed by atoms with van der Waals surface area (Å²) in [6, 6.07) is 15.7. The number of methoxy groups -OCH3 is 4. The zero-order valence-electron chi connectivity index (χ0n) is 44.6. The van der Waals surface area contributed by atoms with E-state index in [1.807, 2.05) is 76.3 Å². The van der Waals surface area contributed by atoms with Gasteiger partial charge in [-0.2, -0.15) is 0 Å². The third kappa shape index (κ3) is 13.9. The molecule has 410 valence electrons. The Balaban J connectivity index is 0.000000206. The number of hydrogen-bond acceptors (Lipinski definition) is 17. The van der Waals surface area contributed by atoms with Gasteiger partial charge in [-0.3, -0.25) is 0 Å². The summed E-state index contributed by atoms with van der Waals surface area (Å²) in [5.74, 6) is -1.44. The summed E-state index contributed by atoms with van der Waals surface area (Å²) in [6.07, 6.45) is 16.8. The number of benzene rings is 3. The number of ether oxygens (including phenoxy) is 13. The van der Waals surface area contributed by atoms with Crippen LogP contribution >= 0.6 is 0 Å². The minimum absolute atomic E-state index is 0.0101. The molecule has 2 unspecified atom stereocenters. The lowest BCUT2D eigenvalue weighted by atomic mass is 9.98. The highest BCUT2D eigenvalue weighted by molar-refractivity contribution is 5.98. The number of fused-ring (bicyclic) bond motifs is 6. The number of esters is 3. The van der Waals surface area contributed by atoms with Crippen LogP contribution in [0.25, 0.3) is 12.2 Å². The Labute approximate surface area is 444 Å². The molecule has 2 saturated heterocycles. The van der Waals surface area contributed by atoms with E-state index >= 15 is 0 Å². The van der Waals surface area contributed by atoms with Gasteiger partial charge >= 0.3 is 17.9 Å². The van der Waals surface area contributed by atoms with E-state index in [0.717, 1.165) is 32.1 Å². The highest BCUT2D eigenvalue weighted by Gasteiger charge is 2.47. The van der Waals surface area contributed by atoms with Crippen molar-refractivity contribution in [3.8, 4) is 23.0 Å². The summed E-state index contributed by atoms with van der Waals surface area (Å²) in [4.78, 5) is 40.2. The molecule has 10 atom stereocenters. The third-order valence-corrected chi connectivity index (χ3v) is 14.1. The molecule has 0 bridgehead atoms. The summed E-state index contributed by atoms with van der Waals surface area (Å²) >= 11 is 0. The molecule has 3 aromatic rings. The molecule has 76 heavy (non-hydrogen) atoms. The maximum atomic E-state index is 13.7. The van der Waals surface area contributed by atoms with Crippen LogP contribution < -0.4 is 18.9 Å². The fourth-order valence-electron chi connectivity index (χ4n) is 10.6. The van der Waals surface area contributed by atoms with Gasteiger partial charge in [-0.05, 0) is 121 Å². The normalized spacial score (nSPS) is 30.2. The highest BCUT2D eigenvalue weighted by atomic mass is 16.8. The van der Waals surface area contributed by atoms with Crippen molar-refractivity contribution in [2.45, 2.75) is 139 Å². The number of rotatable bonds is 10. The fraction of sp³-hybridized carbons (Fsp3) is 0.508. The van der Waals surface area contributed by atoms with Crippen molar-refractivity contribution in [3.05, 3.63) is 119 Å². The van der Waals surface area contributed by atoms with Gasteiger partial charge in [0, 0.05) is 38.2 Å². The van der Waals surface area contributed by atoms with Gasteiger partial charge in [0.05, 0.1) is 32.0 Å². The maximum Gasteiger partial charge on any atom is 0.342 e. The fourth-order valence-corrected chi connectivity index (χ4v) is 10.6. The first kappa shape index (κ1) is 56.2. The lowest BCUT2D eigenvalue weighted by Crippen LogP contribution is -2.37. The summed E-state index contributed by atoms with van der Waals surface area (Å²) in [6.45, 7) is 7.31. The summed E-state index contributed by atoms with van der Waals surface area (Å²) < 4.78 is 75.4. The van der Waals surface area contributed by atoms with Crippen molar-refractivity contribution in [2.24, 2.45) is 11.8 Å². The predicted molar refractivity (Wildman–Crippen MR) is 279 cm³/mol. The highest BCUT2D eigenvalue weighted by Crippen LogP contribution is 2.40. The largest absolute Gasteiger partial charge is 0.497 e. The SMILES string of the molecule is COCOc1cc(OC)cc2c1C(=O)O[C@H]1CCC[C@@H]1/C=C\C(O)[C@H]1OC(C)(C)O[C@H]1C/C=C/2.COCOc1cc(OC)cc2c1C(=O)O[C@H]1CCC[C@@H]1/C=C\C(OC(=O)c1ccccc1)[C@H]1OC(C)(C)O[C@H]1C/C=C/2. The van der Waals surface area contributed by atoms with Crippen molar-refractivity contribution in [1.29, 1.82) is 0 Å². The second-order valence-electron chi connectivity index (χ2n) is 20.4. The number of aliphatic hydroxyl groups is 1. The van der Waals surface area contributed by atoms with Crippen LogP contribution in [0.5, 0.6) is 23.0 Å². The first-order valence-corrected chi connectivity index (χ1v) is 26.0. The van der Waals surface area contributed by atoms with Crippen molar-refractivity contribution >= 4 is 30.1 Å². The zero-order chi connectivity index (χ0) is 54.0. The molecule has 0 amide bonds. The lowest BCUT2D eigenvalue weighted by molar-refractivity contribution is -0.153. The summed E-state index contributed by atoms with van der Waals surface area (Å²) in [5, 5.41) is 10.9. The van der Waals surface area contributed by atoms with Gasteiger partial charge in [-0.15, -0.1) is 0 Å². The Morgan fingerprint density at radius 2 is 1.09 bits per heavy atom. The van der Waals surface area contributed by atoms with Crippen LogP contribution in [0.1, 0.15) is 121 Å². The minimum Gasteiger partial charge on any atom is -0.497 e. The van der Waals surface area contributed by atoms with Crippen LogP contribution in [0.15, 0.2) is 91.1 Å². The van der Waals surface area contributed by atoms with Gasteiger partial charge in [0.2, 0.25) is 0 Å². The Hall–Kier alpha value is -6.05. The Morgan fingerprint density at radius 3 is 1.59 bits per heavy atom. The van der Waals surface area contributed by atoms with Gasteiger partial charge in [0.1, 0.15) is 70.7 Å². The van der Waals surface area contributed by atoms with Crippen molar-refractivity contribution in [2.75, 3.05) is 42.0 Å². The van der Waals surface area contributed by atoms with E-state index in [9.17, 15) is 19.5 Å². The predicted octanol–water partition coefficient (Wildman–Crippen LogP) is 9.58. The molecule has 3 aromatic carbocycles. The van der Waals surface area contributed by atoms with Gasteiger partial charge in [-0.1, -0.05) is 60.7 Å². The number of aliphatic hydroxyl groups excluding tert-OH is 1. The van der Waals surface area contributed by atoms with Crippen LogP contribution in [0.4, 0.5) is 0 Å². The molecular formula is C59H72O17. The average Bonchev–Trinajstić information content (AvgIpc) is 4.20. The summed E-state index contributed by atoms with van der Waals surface area (Å²) in [5.41, 5.74) is 2.25. The van der Waals surface area contributed by atoms with E-state index in [-0.39, 0.29) is 43.7 Å². The Kier molecular flexibility index (Phi) is 18.8. The molecule has 6 aliphatic rings. The molecule has 17 nitrogen and oxygen atoms in total. The van der Waals surface area contributed by atoms with E-state index in [1.165, 1.54) is 14.2 Å². The Bertz CT molecular complexity index is 2600. The second kappa shape index (κ2) is 25.4. The monoisotopic (exact) mass is 1050 g/mol. The number of hydrogen-bond donors (Lipinski definition) is 1. The van der Waals surface area contributed by atoms with Crippen molar-refractivity contribution < 1.29 is 81.1 Å². The van der Waals surface area contributed by atoms with E-state index < -0.39 is 60.0 Å². The van der Waals surface area contributed by atoms with Gasteiger partial charge < -0.3 is 66.7 Å². The molecule has 17 heteroatoms. The van der Waals surface area contributed by atoms with Crippen molar-refractivity contribution in [3.63, 3.8) is 0 Å². The van der Waals surface area contributed by atoms with Gasteiger partial charge in [-0.25, -0.2) is 14.4 Å². The third-order valence-electron chi connectivity index (χ3n) is 14.1. The van der Waals surface area contributed by atoms with Crippen LogP contribution in [0.3, 0.4) is 0 Å². The molecule has 2 saturated carbocycles. The van der Waals surface area contributed by atoms with Crippen LogP contribution in [-0.4, -0.2) is 125 Å². The Morgan fingerprint density at radius 1 is 0.605 bits per heavy atom. The molecule has 9 rings (SSSR count). The molecule has 4 fully saturated rings. The first-order valence-electron chi connectivity index (χ1n) is 26.0. The molecule has 0 aromatic heterocycles. The molecule has 0 spiro atoms. The molecule has 4 heterocycles. The molecule has 1 N–H and O–H groups in total. The summed E-state index contributed by atoms with van der Waals surface area (Å²) in [7, 11) is 6.14. The number of carbonyl (C=O) groups is 3. The minimum atomic E-state index is -0.889. The van der Waals surface area contributed by atoms with Crippen LogP contribution in [-0.2, 0) is 42.6 Å².